The molecule has 2 aromatic heterocycles. The molecule has 0 radical (unpaired) electrons. The van der Waals surface area contributed by atoms with E-state index >= 15 is 0 Å². The first kappa shape index (κ1) is 28.9. The summed E-state index contributed by atoms with van der Waals surface area (Å²) in [7, 11) is -3.94. The molecule has 13 heteroatoms. The summed E-state index contributed by atoms with van der Waals surface area (Å²) < 4.78 is 35.6. The molecule has 0 atom stereocenters. The van der Waals surface area contributed by atoms with E-state index in [4.69, 9.17) is 33.2 Å². The number of nitrogens with zero attached hydrogens (tertiary/aromatic N) is 4. The molecule has 6 aromatic rings. The first-order valence-electron chi connectivity index (χ1n) is 12.9. The highest BCUT2D eigenvalue weighted by Crippen LogP contribution is 2.41. The minimum atomic E-state index is -3.94. The second-order valence-electron chi connectivity index (χ2n) is 9.67. The number of fused-ring (bicyclic) bond motifs is 1. The number of nitriles is 1. The van der Waals surface area contributed by atoms with Crippen molar-refractivity contribution in [3.05, 3.63) is 133 Å². The van der Waals surface area contributed by atoms with Gasteiger partial charge in [0.05, 0.1) is 26.1 Å². The van der Waals surface area contributed by atoms with Crippen molar-refractivity contribution in [3.8, 4) is 34.4 Å². The average Bonchev–Trinajstić information content (AvgIpc) is 3.39. The van der Waals surface area contributed by atoms with Crippen molar-refractivity contribution in [1.29, 1.82) is 5.26 Å². The summed E-state index contributed by atoms with van der Waals surface area (Å²) in [4.78, 5) is 26.2. The Morgan fingerprint density at radius 2 is 1.61 bits per heavy atom. The Kier molecular flexibility index (Phi) is 7.34. The Hall–Kier alpha value is -5.15. The van der Waals surface area contributed by atoms with E-state index in [-0.39, 0.29) is 26.4 Å². The largest absolute Gasteiger partial charge is 0.454 e. The van der Waals surface area contributed by atoms with E-state index in [1.165, 1.54) is 16.1 Å². The average molecular weight is 644 g/mol. The summed E-state index contributed by atoms with van der Waals surface area (Å²) in [5, 5.41) is 13.5. The number of aromatic amines is 1. The Balaban J connectivity index is 1.45. The van der Waals surface area contributed by atoms with Crippen molar-refractivity contribution in [2.75, 3.05) is 0 Å². The summed E-state index contributed by atoms with van der Waals surface area (Å²) in [6, 6.07) is 25.2. The Morgan fingerprint density at radius 1 is 0.932 bits per heavy atom. The second-order valence-corrected chi connectivity index (χ2v) is 12.3. The molecule has 0 aliphatic carbocycles. The van der Waals surface area contributed by atoms with Gasteiger partial charge >= 0.3 is 5.69 Å². The molecule has 0 aliphatic heterocycles. The molecule has 0 unspecified atom stereocenters. The van der Waals surface area contributed by atoms with Crippen LogP contribution in [0.2, 0.25) is 10.0 Å². The third kappa shape index (κ3) is 5.16. The number of aryl methyl sites for hydroxylation is 1. The number of hydrogen-bond donors (Lipinski definition) is 1. The van der Waals surface area contributed by atoms with Gasteiger partial charge in [-0.05, 0) is 55.0 Å². The number of H-pyrrole nitrogens is 1. The molecule has 0 saturated heterocycles. The van der Waals surface area contributed by atoms with E-state index < -0.39 is 27.0 Å². The van der Waals surface area contributed by atoms with Crippen LogP contribution in [-0.2, 0) is 10.0 Å². The van der Waals surface area contributed by atoms with Crippen LogP contribution in [0.5, 0.6) is 11.5 Å². The number of rotatable bonds is 6. The summed E-state index contributed by atoms with van der Waals surface area (Å²) in [6.45, 7) is 1.88. The van der Waals surface area contributed by atoms with Gasteiger partial charge in [0.1, 0.15) is 11.8 Å². The highest BCUT2D eigenvalue weighted by Gasteiger charge is 2.23. The predicted molar refractivity (Wildman–Crippen MR) is 166 cm³/mol. The second kappa shape index (κ2) is 11.2. The zero-order valence-electron chi connectivity index (χ0n) is 22.7. The lowest BCUT2D eigenvalue weighted by Crippen LogP contribution is -2.33. The highest BCUT2D eigenvalue weighted by molar-refractivity contribution is 7.90. The predicted octanol–water partition coefficient (Wildman–Crippen LogP) is 6.06. The molecule has 44 heavy (non-hydrogen) atoms. The molecule has 218 valence electrons. The van der Waals surface area contributed by atoms with Gasteiger partial charge < -0.3 is 4.74 Å². The zero-order valence-corrected chi connectivity index (χ0v) is 25.0. The van der Waals surface area contributed by atoms with Crippen LogP contribution in [-0.4, -0.2) is 27.2 Å². The molecule has 6 rings (SSSR count). The van der Waals surface area contributed by atoms with Crippen molar-refractivity contribution in [2.24, 2.45) is 0 Å². The molecule has 0 fully saturated rings. The van der Waals surface area contributed by atoms with Crippen LogP contribution >= 0.6 is 23.2 Å². The quantitative estimate of drug-likeness (QED) is 0.233. The van der Waals surface area contributed by atoms with E-state index in [1.807, 2.05) is 42.2 Å². The molecule has 0 bridgehead atoms. The maximum absolute atomic E-state index is 13.7. The number of aromatic nitrogens is 4. The highest BCUT2D eigenvalue weighted by atomic mass is 35.5. The van der Waals surface area contributed by atoms with Gasteiger partial charge in [0, 0.05) is 17.1 Å². The van der Waals surface area contributed by atoms with Gasteiger partial charge in [0.25, 0.3) is 15.6 Å². The summed E-state index contributed by atoms with van der Waals surface area (Å²) >= 11 is 13.0. The molecule has 0 aliphatic rings. The monoisotopic (exact) mass is 643 g/mol. The van der Waals surface area contributed by atoms with Gasteiger partial charge in [-0.3, -0.25) is 9.78 Å². The lowest BCUT2D eigenvalue weighted by atomic mass is 10.0. The smallest absolute Gasteiger partial charge is 0.349 e. The Labute approximate surface area is 260 Å². The standard InChI is InChI=1S/C31H19Cl2N5O5S/c1-18-7-10-22(11-8-18)44(41,42)37-17-24(19-5-3-2-4-6-19)23-15-21(9-12-28(23)37)43-29-25(32)13-20(14-26(29)33)38-31(40)35-30(39)27(16-34)36-38/h2-15,17H,1H3,(H,35,39,40). The van der Waals surface area contributed by atoms with E-state index in [9.17, 15) is 18.0 Å². The van der Waals surface area contributed by atoms with Crippen molar-refractivity contribution < 1.29 is 13.2 Å². The molecule has 1 N–H and O–H groups in total. The van der Waals surface area contributed by atoms with Crippen LogP contribution in [0.3, 0.4) is 0 Å². The maximum Gasteiger partial charge on any atom is 0.349 e. The summed E-state index contributed by atoms with van der Waals surface area (Å²) in [6.07, 6.45) is 1.58. The SMILES string of the molecule is Cc1ccc(S(=O)(=O)n2cc(-c3ccccc3)c3cc(Oc4c(Cl)cc(-n5nc(C#N)c(=O)[nH]c5=O)cc4Cl)ccc32)cc1. The first-order valence-corrected chi connectivity index (χ1v) is 15.1. The zero-order chi connectivity index (χ0) is 31.2. The van der Waals surface area contributed by atoms with Crippen LogP contribution in [0.4, 0.5) is 0 Å². The molecule has 0 spiro atoms. The van der Waals surface area contributed by atoms with E-state index in [2.05, 4.69) is 5.10 Å². The van der Waals surface area contributed by atoms with Crippen LogP contribution < -0.4 is 16.0 Å². The van der Waals surface area contributed by atoms with Crippen molar-refractivity contribution in [2.45, 2.75) is 11.8 Å². The van der Waals surface area contributed by atoms with Crippen LogP contribution in [0.1, 0.15) is 11.3 Å². The third-order valence-electron chi connectivity index (χ3n) is 6.79. The maximum atomic E-state index is 13.7. The number of hydrogen-bond acceptors (Lipinski definition) is 7. The van der Waals surface area contributed by atoms with Gasteiger partial charge in [0.15, 0.2) is 5.75 Å². The molecule has 2 heterocycles. The minimum Gasteiger partial charge on any atom is -0.454 e. The van der Waals surface area contributed by atoms with Gasteiger partial charge in [-0.25, -0.2) is 17.2 Å². The lowest BCUT2D eigenvalue weighted by molar-refractivity contribution is 0.483. The number of halogens is 2. The van der Waals surface area contributed by atoms with E-state index in [0.29, 0.717) is 22.2 Å². The normalized spacial score (nSPS) is 11.4. The number of ether oxygens (including phenoxy) is 1. The topological polar surface area (TPSA) is 140 Å². The fraction of sp³-hybridized carbons (Fsp3) is 0.0323. The lowest BCUT2D eigenvalue weighted by Gasteiger charge is -2.13. The fourth-order valence-corrected chi connectivity index (χ4v) is 6.57. The Morgan fingerprint density at radius 3 is 2.27 bits per heavy atom. The third-order valence-corrected chi connectivity index (χ3v) is 9.04. The van der Waals surface area contributed by atoms with Crippen LogP contribution in [0.25, 0.3) is 27.7 Å². The summed E-state index contributed by atoms with van der Waals surface area (Å²) in [5.74, 6) is 0.366. The Bertz CT molecular complexity index is 2340. The minimum absolute atomic E-state index is 0.00815. The molecule has 0 saturated carbocycles. The number of benzene rings is 4. The van der Waals surface area contributed by atoms with Gasteiger partial charge in [-0.15, -0.1) is 5.10 Å². The van der Waals surface area contributed by atoms with Crippen LogP contribution in [0, 0.1) is 18.3 Å². The fourth-order valence-electron chi connectivity index (χ4n) is 4.65. The van der Waals surface area contributed by atoms with E-state index in [0.717, 1.165) is 15.8 Å². The number of nitrogens with one attached hydrogen (secondary N) is 1. The van der Waals surface area contributed by atoms with Crippen molar-refractivity contribution in [3.63, 3.8) is 0 Å². The van der Waals surface area contributed by atoms with E-state index in [1.54, 1.807) is 54.7 Å². The first-order chi connectivity index (χ1) is 21.1. The van der Waals surface area contributed by atoms with Gasteiger partial charge in [-0.2, -0.15) is 9.94 Å². The van der Waals surface area contributed by atoms with Gasteiger partial charge in [-0.1, -0.05) is 71.2 Å². The molecule has 0 amide bonds. The molecular weight excluding hydrogens is 625 g/mol. The van der Waals surface area contributed by atoms with Crippen molar-refractivity contribution in [1.82, 2.24) is 18.7 Å². The molecular formula is C31H19Cl2N5O5S. The molecule has 10 nitrogen and oxygen atoms in total. The van der Waals surface area contributed by atoms with Crippen molar-refractivity contribution >= 4 is 44.1 Å². The van der Waals surface area contributed by atoms with Gasteiger partial charge in [0.2, 0.25) is 5.69 Å². The molecule has 4 aromatic carbocycles. The summed E-state index contributed by atoms with van der Waals surface area (Å²) in [5.41, 5.74) is 0.583. The van der Waals surface area contributed by atoms with Crippen LogP contribution in [0.15, 0.2) is 106 Å².